The Labute approximate surface area is 35.4 Å². The molecular formula is C3H4N3+. The van der Waals surface area contributed by atoms with E-state index in [1.807, 2.05) is 0 Å². The second-order valence-electron chi connectivity index (χ2n) is 0.994. The van der Waals surface area contributed by atoms with Crippen molar-refractivity contribution >= 4 is 0 Å². The van der Waals surface area contributed by atoms with Crippen LogP contribution in [0, 0.1) is 13.3 Å². The molecule has 0 atom stereocenters. The largest absolute Gasteiger partial charge is 0.369 e. The molecule has 1 rings (SSSR count). The van der Waals surface area contributed by atoms with Gasteiger partial charge in [0.2, 0.25) is 0 Å². The van der Waals surface area contributed by atoms with Gasteiger partial charge in [0.15, 0.2) is 0 Å². The number of hydrogen-bond acceptors (Lipinski definition) is 1. The minimum Gasteiger partial charge on any atom is -0.179 e. The molecule has 0 aliphatic rings. The lowest BCUT2D eigenvalue weighted by Gasteiger charge is -1.46. The van der Waals surface area contributed by atoms with Crippen LogP contribution in [0.25, 0.3) is 0 Å². The summed E-state index contributed by atoms with van der Waals surface area (Å²) in [6.07, 6.45) is 2.44. The number of nitrogens with zero attached hydrogens (tertiary/aromatic N) is 2. The number of H-pyrrole nitrogens is 1. The maximum atomic E-state index is 3.62. The van der Waals surface area contributed by atoms with E-state index in [1.54, 1.807) is 6.92 Å². The molecule has 0 radical (unpaired) electrons. The fourth-order valence-corrected chi connectivity index (χ4v) is 0.237. The van der Waals surface area contributed by atoms with Crippen molar-refractivity contribution in [2.75, 3.05) is 0 Å². The highest BCUT2D eigenvalue weighted by Crippen LogP contribution is 1.60. The fourth-order valence-electron chi connectivity index (χ4n) is 0.237. The number of aromatic nitrogens is 3. The number of aryl methyl sites for hydroxylation is 1. The van der Waals surface area contributed by atoms with Crippen LogP contribution in [0.3, 0.4) is 0 Å². The Morgan fingerprint density at radius 3 is 3.00 bits per heavy atom. The Morgan fingerprint density at radius 1 is 2.00 bits per heavy atom. The van der Waals surface area contributed by atoms with Gasteiger partial charge >= 0.3 is 12.2 Å². The van der Waals surface area contributed by atoms with Gasteiger partial charge in [0, 0.05) is 6.92 Å². The Balaban J connectivity index is 3.05. The number of hydrogen-bond donors (Lipinski definition) is 1. The molecule has 0 fully saturated rings. The Kier molecular flexibility index (Phi) is 0.515. The molecule has 0 bridgehead atoms. The van der Waals surface area contributed by atoms with Gasteiger partial charge in [-0.3, -0.25) is 0 Å². The zero-order chi connectivity index (χ0) is 4.41. The first-order valence-electron chi connectivity index (χ1n) is 1.64. The van der Waals surface area contributed by atoms with Crippen LogP contribution in [-0.4, -0.2) is 10.2 Å². The summed E-state index contributed by atoms with van der Waals surface area (Å²) in [5.74, 6) is 0.731. The number of aromatic amines is 1. The molecule has 3 heteroatoms. The summed E-state index contributed by atoms with van der Waals surface area (Å²) in [7, 11) is 0. The third-order valence-electron chi connectivity index (χ3n) is 0.485. The molecule has 3 nitrogen and oxygen atoms in total. The molecule has 0 unspecified atom stereocenters. The third kappa shape index (κ3) is 0.320. The molecule has 0 amide bonds. The van der Waals surface area contributed by atoms with Crippen molar-refractivity contribution in [1.29, 1.82) is 0 Å². The summed E-state index contributed by atoms with van der Waals surface area (Å²) < 4.78 is 0. The van der Waals surface area contributed by atoms with E-state index in [9.17, 15) is 0 Å². The van der Waals surface area contributed by atoms with E-state index in [1.165, 1.54) is 0 Å². The minimum atomic E-state index is 0.731. The van der Waals surface area contributed by atoms with E-state index in [-0.39, 0.29) is 0 Å². The highest BCUT2D eigenvalue weighted by atomic mass is 15.1. The molecular weight excluding hydrogens is 78.1 g/mol. The van der Waals surface area contributed by atoms with Gasteiger partial charge in [-0.2, -0.15) is 4.98 Å². The maximum absolute atomic E-state index is 3.62. The van der Waals surface area contributed by atoms with Crippen LogP contribution < -0.4 is 4.98 Å². The second kappa shape index (κ2) is 0.977. The lowest BCUT2D eigenvalue weighted by atomic mass is 10.8. The van der Waals surface area contributed by atoms with Gasteiger partial charge < -0.3 is 0 Å². The van der Waals surface area contributed by atoms with Crippen LogP contribution in [-0.2, 0) is 0 Å². The molecule has 0 spiro atoms. The van der Waals surface area contributed by atoms with Gasteiger partial charge in [0.05, 0.1) is 5.10 Å². The monoisotopic (exact) mass is 82.0 g/mol. The zero-order valence-electron chi connectivity index (χ0n) is 3.39. The van der Waals surface area contributed by atoms with Crippen molar-refractivity contribution in [3.05, 3.63) is 12.2 Å². The summed E-state index contributed by atoms with van der Waals surface area (Å²) in [6, 6.07) is 0. The Morgan fingerprint density at radius 2 is 2.83 bits per heavy atom. The number of nitrogens with one attached hydrogen (secondary N) is 1. The van der Waals surface area contributed by atoms with E-state index in [4.69, 9.17) is 0 Å². The molecule has 0 saturated heterocycles. The van der Waals surface area contributed by atoms with E-state index in [2.05, 4.69) is 21.5 Å². The quantitative estimate of drug-likeness (QED) is 0.441. The molecule has 1 aromatic rings. The first kappa shape index (κ1) is 3.16. The zero-order valence-corrected chi connectivity index (χ0v) is 3.39. The Hall–Kier alpha value is -1.04. The molecule has 1 N–H and O–H groups in total. The van der Waals surface area contributed by atoms with Gasteiger partial charge in [0.25, 0.3) is 0 Å². The topological polar surface area (TPSA) is 42.8 Å². The second-order valence-corrected chi connectivity index (χ2v) is 0.994. The standard InChI is InChI=1S/C3H3N3/c1-3-4-2-5-6-3/h1H3/p+1. The summed E-state index contributed by atoms with van der Waals surface area (Å²) in [4.78, 5) is 3.62. The van der Waals surface area contributed by atoms with Crippen molar-refractivity contribution in [3.8, 4) is 0 Å². The van der Waals surface area contributed by atoms with Crippen LogP contribution >= 0.6 is 0 Å². The lowest BCUT2D eigenvalue weighted by molar-refractivity contribution is -0.305. The Bertz CT molecular complexity index is 110. The van der Waals surface area contributed by atoms with Crippen LogP contribution in [0.5, 0.6) is 0 Å². The normalized spacial score (nSPS) is 7.50. The minimum absolute atomic E-state index is 0.731. The summed E-state index contributed by atoms with van der Waals surface area (Å²) in [5.41, 5.74) is 0. The first-order chi connectivity index (χ1) is 2.89. The highest BCUT2D eigenvalue weighted by molar-refractivity contribution is 4.53. The van der Waals surface area contributed by atoms with Gasteiger partial charge in [-0.15, -0.1) is 0 Å². The summed E-state index contributed by atoms with van der Waals surface area (Å²) in [5, 5.41) is 6.07. The maximum Gasteiger partial charge on any atom is 0.369 e. The van der Waals surface area contributed by atoms with Crippen LogP contribution in [0.15, 0.2) is 0 Å². The molecule has 1 heterocycles. The lowest BCUT2D eigenvalue weighted by Crippen LogP contribution is -1.90. The molecule has 1 aromatic heterocycles. The van der Waals surface area contributed by atoms with Crippen molar-refractivity contribution in [2.45, 2.75) is 6.92 Å². The summed E-state index contributed by atoms with van der Waals surface area (Å²) >= 11 is 0. The predicted molar refractivity (Wildman–Crippen MR) is 17.8 cm³/mol. The van der Waals surface area contributed by atoms with Gasteiger partial charge in [-0.05, 0) is 0 Å². The SMILES string of the molecule is Cc1n[nH]c#[n+]1. The van der Waals surface area contributed by atoms with Crippen molar-refractivity contribution in [3.63, 3.8) is 0 Å². The average molecular weight is 82.1 g/mol. The van der Waals surface area contributed by atoms with Gasteiger partial charge in [-0.1, -0.05) is 5.10 Å². The summed E-state index contributed by atoms with van der Waals surface area (Å²) in [6.45, 7) is 1.80. The molecule has 0 aromatic carbocycles. The van der Waals surface area contributed by atoms with Crippen molar-refractivity contribution < 1.29 is 4.98 Å². The van der Waals surface area contributed by atoms with Crippen molar-refractivity contribution in [1.82, 2.24) is 10.2 Å². The van der Waals surface area contributed by atoms with E-state index >= 15 is 0 Å². The van der Waals surface area contributed by atoms with Gasteiger partial charge in [-0.25, -0.2) is 0 Å². The molecule has 0 aliphatic heterocycles. The van der Waals surface area contributed by atoms with Crippen LogP contribution in [0.4, 0.5) is 0 Å². The first-order valence-corrected chi connectivity index (χ1v) is 1.64. The number of rotatable bonds is 0. The van der Waals surface area contributed by atoms with Crippen molar-refractivity contribution in [2.24, 2.45) is 0 Å². The third-order valence-corrected chi connectivity index (χ3v) is 0.485. The van der Waals surface area contributed by atoms with Crippen LogP contribution in [0.2, 0.25) is 0 Å². The average Bonchev–Trinajstić information content (AvgIpc) is 1.86. The smallest absolute Gasteiger partial charge is 0.179 e. The van der Waals surface area contributed by atoms with E-state index in [0.717, 1.165) is 5.82 Å². The molecule has 0 aliphatic carbocycles. The molecule has 0 saturated carbocycles. The molecule has 30 valence electrons. The van der Waals surface area contributed by atoms with E-state index in [0.29, 0.717) is 0 Å². The van der Waals surface area contributed by atoms with Crippen LogP contribution in [0.1, 0.15) is 5.82 Å². The van der Waals surface area contributed by atoms with Gasteiger partial charge in [0.1, 0.15) is 0 Å². The molecule has 6 heavy (non-hydrogen) atoms. The fraction of sp³-hybridized carbons (Fsp3) is 0.333. The van der Waals surface area contributed by atoms with E-state index < -0.39 is 0 Å². The predicted octanol–water partition coefficient (Wildman–Crippen LogP) is -0.882. The highest BCUT2D eigenvalue weighted by Gasteiger charge is 1.88.